The van der Waals surface area contributed by atoms with Crippen LogP contribution >= 0.6 is 11.8 Å². The summed E-state index contributed by atoms with van der Waals surface area (Å²) in [6, 6.07) is 9.44. The number of ether oxygens (including phenoxy) is 1. The predicted octanol–water partition coefficient (Wildman–Crippen LogP) is 3.59. The van der Waals surface area contributed by atoms with Crippen LogP contribution in [0.2, 0.25) is 0 Å². The van der Waals surface area contributed by atoms with Crippen LogP contribution in [0.3, 0.4) is 0 Å². The Labute approximate surface area is 228 Å². The van der Waals surface area contributed by atoms with Crippen molar-refractivity contribution in [2.75, 3.05) is 39.8 Å². The van der Waals surface area contributed by atoms with Gasteiger partial charge >= 0.3 is 6.36 Å². The first-order valence-electron chi connectivity index (χ1n) is 12.6. The van der Waals surface area contributed by atoms with Crippen molar-refractivity contribution in [1.82, 2.24) is 20.9 Å². The Morgan fingerprint density at radius 1 is 1.23 bits per heavy atom. The number of thioether (sulfide) groups is 1. The van der Waals surface area contributed by atoms with Gasteiger partial charge in [0.2, 0.25) is 17.6 Å². The molecule has 0 amide bonds. The Hall–Kier alpha value is -3.49. The molecule has 5 rings (SSSR count). The Morgan fingerprint density at radius 2 is 2.03 bits per heavy atom. The molecule has 1 atom stereocenters. The molecule has 1 unspecified atom stereocenters. The molecule has 1 spiro atoms. The largest absolute Gasteiger partial charge is 0.573 e. The van der Waals surface area contributed by atoms with Gasteiger partial charge in [-0.25, -0.2) is 4.99 Å². The monoisotopic (exact) mass is 563 g/mol. The first-order chi connectivity index (χ1) is 18.7. The van der Waals surface area contributed by atoms with Crippen molar-refractivity contribution < 1.29 is 26.9 Å². The van der Waals surface area contributed by atoms with Gasteiger partial charge in [-0.05, 0) is 56.4 Å². The van der Waals surface area contributed by atoms with E-state index in [-0.39, 0.29) is 5.75 Å². The maximum Gasteiger partial charge on any atom is 0.573 e. The number of benzene rings is 1. The minimum Gasteiger partial charge on any atom is -0.459 e. The van der Waals surface area contributed by atoms with Gasteiger partial charge in [-0.1, -0.05) is 23.8 Å². The molecule has 0 saturated carbocycles. The molecular formula is C25H30F3N8O2S+. The standard InChI is InChI=1S/C25H30F3N8O2S/c1-3-11-35(2)12-10-29-22-31-23(30-21-16-19(20-5-4-15-37-20)36(34-21)13-14-36)33-24(32-22)39-18-8-6-17(7-9-18)38-25(26,27)28/h4-9,15-16,24H,3,10-14H2,1-2H3,(H3,29,30,31,32,33,34)/q+1. The molecule has 1 fully saturated rings. The van der Waals surface area contributed by atoms with Crippen LogP contribution in [0.5, 0.6) is 5.75 Å². The molecule has 0 radical (unpaired) electrons. The van der Waals surface area contributed by atoms with Crippen molar-refractivity contribution in [2.45, 2.75) is 30.1 Å². The third-order valence-corrected chi connectivity index (χ3v) is 7.08. The van der Waals surface area contributed by atoms with E-state index in [1.807, 2.05) is 18.2 Å². The highest BCUT2D eigenvalue weighted by molar-refractivity contribution is 8.00. The molecule has 10 nitrogen and oxygen atoms in total. The Balaban J connectivity index is 1.31. The van der Waals surface area contributed by atoms with E-state index in [4.69, 9.17) is 14.5 Å². The zero-order valence-corrected chi connectivity index (χ0v) is 22.3. The molecule has 1 aromatic heterocycles. The highest BCUT2D eigenvalue weighted by Crippen LogP contribution is 2.40. The zero-order chi connectivity index (χ0) is 27.5. The lowest BCUT2D eigenvalue weighted by Crippen LogP contribution is -2.55. The smallest absolute Gasteiger partial charge is 0.459 e. The van der Waals surface area contributed by atoms with E-state index in [0.717, 1.165) is 44.1 Å². The van der Waals surface area contributed by atoms with E-state index in [9.17, 15) is 13.2 Å². The number of nitrogens with zero attached hydrogens (tertiary/aromatic N) is 5. The van der Waals surface area contributed by atoms with Crippen molar-refractivity contribution >= 4 is 35.2 Å². The highest BCUT2D eigenvalue weighted by atomic mass is 32.2. The molecule has 3 aliphatic heterocycles. The van der Waals surface area contributed by atoms with E-state index in [1.165, 1.54) is 23.9 Å². The van der Waals surface area contributed by atoms with Crippen molar-refractivity contribution in [2.24, 2.45) is 15.1 Å². The van der Waals surface area contributed by atoms with Crippen LogP contribution in [0.15, 0.2) is 73.1 Å². The molecule has 3 aliphatic rings. The second-order valence-electron chi connectivity index (χ2n) is 9.26. The van der Waals surface area contributed by atoms with Gasteiger partial charge in [0.15, 0.2) is 30.2 Å². The van der Waals surface area contributed by atoms with Crippen molar-refractivity contribution in [3.05, 3.63) is 54.5 Å². The number of halogens is 3. The molecule has 1 saturated heterocycles. The Kier molecular flexibility index (Phi) is 7.86. The van der Waals surface area contributed by atoms with Gasteiger partial charge in [0.25, 0.3) is 0 Å². The predicted molar refractivity (Wildman–Crippen MR) is 144 cm³/mol. The summed E-state index contributed by atoms with van der Waals surface area (Å²) < 4.78 is 47.6. The summed E-state index contributed by atoms with van der Waals surface area (Å²) in [5.74, 6) is 2.14. The van der Waals surface area contributed by atoms with Gasteiger partial charge in [0.1, 0.15) is 5.75 Å². The lowest BCUT2D eigenvalue weighted by atomic mass is 10.3. The minimum atomic E-state index is -4.74. The normalized spacial score (nSPS) is 20.8. The summed E-state index contributed by atoms with van der Waals surface area (Å²) in [5.41, 5.74) is 0.493. The first kappa shape index (κ1) is 27.1. The number of alkyl halides is 3. The van der Waals surface area contributed by atoms with E-state index >= 15 is 0 Å². The number of hydrogen-bond donors (Lipinski definition) is 3. The van der Waals surface area contributed by atoms with E-state index < -0.39 is 11.9 Å². The van der Waals surface area contributed by atoms with Crippen LogP contribution in [0.1, 0.15) is 19.1 Å². The van der Waals surface area contributed by atoms with Crippen LogP contribution in [0, 0.1) is 0 Å². The van der Waals surface area contributed by atoms with E-state index in [1.54, 1.807) is 18.4 Å². The Morgan fingerprint density at radius 3 is 2.69 bits per heavy atom. The maximum atomic E-state index is 12.5. The number of guanidine groups is 2. The van der Waals surface area contributed by atoms with Crippen molar-refractivity contribution in [3.63, 3.8) is 0 Å². The van der Waals surface area contributed by atoms with E-state index in [2.05, 4.69) is 44.6 Å². The molecule has 0 bridgehead atoms. The van der Waals surface area contributed by atoms with Crippen LogP contribution in [-0.4, -0.2) is 78.9 Å². The molecule has 39 heavy (non-hydrogen) atoms. The fourth-order valence-corrected chi connectivity index (χ4v) is 5.06. The van der Waals surface area contributed by atoms with Crippen LogP contribution in [0.4, 0.5) is 13.2 Å². The third-order valence-electron chi connectivity index (χ3n) is 6.09. The zero-order valence-electron chi connectivity index (χ0n) is 21.5. The molecular weight excluding hydrogens is 533 g/mol. The lowest BCUT2D eigenvalue weighted by molar-refractivity contribution is -0.725. The minimum absolute atomic E-state index is 0.278. The Bertz CT molecular complexity index is 1270. The molecule has 4 heterocycles. The topological polar surface area (TPSA) is 98.8 Å². The van der Waals surface area contributed by atoms with Gasteiger partial charge in [-0.15, -0.1) is 13.2 Å². The summed E-state index contributed by atoms with van der Waals surface area (Å²) in [5, 5.41) is 14.5. The number of nitrogens with one attached hydrogen (secondary N) is 3. The highest BCUT2D eigenvalue weighted by Gasteiger charge is 2.53. The molecule has 14 heteroatoms. The molecule has 2 aromatic rings. The maximum absolute atomic E-state index is 12.5. The number of quaternary nitrogens is 1. The van der Waals surface area contributed by atoms with Crippen LogP contribution in [0.25, 0.3) is 5.70 Å². The van der Waals surface area contributed by atoms with Crippen LogP contribution in [-0.2, 0) is 0 Å². The van der Waals surface area contributed by atoms with Crippen molar-refractivity contribution in [1.29, 1.82) is 0 Å². The number of furan rings is 1. The first-order valence-corrected chi connectivity index (χ1v) is 13.5. The fourth-order valence-electron chi connectivity index (χ4n) is 4.18. The van der Waals surface area contributed by atoms with Gasteiger partial charge in [-0.3, -0.25) is 10.3 Å². The lowest BCUT2D eigenvalue weighted by Gasteiger charge is -2.25. The summed E-state index contributed by atoms with van der Waals surface area (Å²) in [6.07, 6.45) is -0.0788. The molecule has 1 aromatic carbocycles. The quantitative estimate of drug-likeness (QED) is 0.317. The number of hydrogen-bond acceptors (Lipinski definition) is 8. The average Bonchev–Trinajstić information content (AvgIpc) is 3.27. The molecule has 208 valence electrons. The van der Waals surface area contributed by atoms with Gasteiger partial charge in [0.05, 0.1) is 18.9 Å². The average molecular weight is 564 g/mol. The second kappa shape index (κ2) is 11.3. The fraction of sp³-hybridized carbons (Fsp3) is 0.400. The van der Waals surface area contributed by atoms with E-state index in [0.29, 0.717) is 33.8 Å². The number of amidine groups is 1. The van der Waals surface area contributed by atoms with Crippen molar-refractivity contribution in [3.8, 4) is 5.75 Å². The number of rotatable bonds is 9. The third kappa shape index (κ3) is 7.13. The van der Waals surface area contributed by atoms with Gasteiger partial charge < -0.3 is 24.7 Å². The second-order valence-corrected chi connectivity index (χ2v) is 10.4. The molecule has 3 N–H and O–H groups in total. The summed E-state index contributed by atoms with van der Waals surface area (Å²) in [4.78, 5) is 12.3. The number of likely N-dealkylation sites (N-methyl/N-ethyl adjacent to an activating group) is 1. The SMILES string of the molecule is CCCN(C)CCN=C1NC(NC2=N[N+]3(CC3)C(c3ccco3)=C2)=NC(Sc2ccc(OC(F)(F)F)cc2)N1. The summed E-state index contributed by atoms with van der Waals surface area (Å²) >= 11 is 1.33. The molecule has 0 aliphatic carbocycles. The summed E-state index contributed by atoms with van der Waals surface area (Å²) in [6.45, 7) is 6.27. The van der Waals surface area contributed by atoms with Gasteiger partial charge in [-0.2, -0.15) is 4.59 Å². The van der Waals surface area contributed by atoms with Gasteiger partial charge in [0, 0.05) is 11.4 Å². The van der Waals surface area contributed by atoms with Crippen LogP contribution < -0.4 is 20.7 Å². The summed E-state index contributed by atoms with van der Waals surface area (Å²) in [7, 11) is 2.05. The number of aliphatic imine (C=N–C) groups is 2.